The second-order valence-corrected chi connectivity index (χ2v) is 6.13. The second-order valence-electron chi connectivity index (χ2n) is 6.13. The van der Waals surface area contributed by atoms with Gasteiger partial charge in [0, 0.05) is 24.8 Å². The van der Waals surface area contributed by atoms with Crippen LogP contribution in [0.5, 0.6) is 0 Å². The zero-order chi connectivity index (χ0) is 18.4. The van der Waals surface area contributed by atoms with Gasteiger partial charge in [-0.05, 0) is 30.5 Å². The number of benzene rings is 2. The molecular weight excluding hydrogens is 330 g/mol. The molecule has 6 heteroatoms. The van der Waals surface area contributed by atoms with Gasteiger partial charge in [0.15, 0.2) is 0 Å². The first-order valence-electron chi connectivity index (χ1n) is 8.66. The number of anilines is 1. The Morgan fingerprint density at radius 3 is 2.81 bits per heavy atom. The van der Waals surface area contributed by atoms with Gasteiger partial charge in [0.1, 0.15) is 0 Å². The van der Waals surface area contributed by atoms with Crippen LogP contribution in [0.25, 0.3) is 6.08 Å². The highest BCUT2D eigenvalue weighted by molar-refractivity contribution is 5.95. The van der Waals surface area contributed by atoms with Crippen molar-refractivity contribution in [3.63, 3.8) is 0 Å². The van der Waals surface area contributed by atoms with Gasteiger partial charge in [-0.2, -0.15) is 0 Å². The third-order valence-electron chi connectivity index (χ3n) is 4.38. The summed E-state index contributed by atoms with van der Waals surface area (Å²) in [4.78, 5) is 24.9. The molecule has 0 unspecified atom stereocenters. The molecule has 0 spiro atoms. The molecule has 2 aromatic carbocycles. The Hall–Kier alpha value is -2.99. The molecule has 1 amide bonds. The molecule has 0 aliphatic carbocycles. The van der Waals surface area contributed by atoms with Gasteiger partial charge in [-0.3, -0.25) is 14.9 Å². The summed E-state index contributed by atoms with van der Waals surface area (Å²) in [6.07, 6.45) is 5.47. The molecule has 6 nitrogen and oxygen atoms in total. The number of rotatable bonds is 6. The van der Waals surface area contributed by atoms with Gasteiger partial charge in [0.25, 0.3) is 5.69 Å². The maximum Gasteiger partial charge on any atom is 0.276 e. The van der Waals surface area contributed by atoms with Crippen molar-refractivity contribution in [2.75, 3.05) is 24.5 Å². The number of nitrogens with one attached hydrogen (secondary N) is 1. The van der Waals surface area contributed by atoms with Crippen molar-refractivity contribution < 1.29 is 9.72 Å². The number of carbonyl (C=O) groups excluding carboxylic acids is 1. The van der Waals surface area contributed by atoms with E-state index in [1.165, 1.54) is 11.6 Å². The summed E-state index contributed by atoms with van der Waals surface area (Å²) in [5, 5.41) is 14.1. The summed E-state index contributed by atoms with van der Waals surface area (Å²) >= 11 is 0. The minimum atomic E-state index is -0.398. The quantitative estimate of drug-likeness (QED) is 0.493. The predicted molar refractivity (Wildman–Crippen MR) is 102 cm³/mol. The van der Waals surface area contributed by atoms with Crippen LogP contribution in [0.15, 0.2) is 54.6 Å². The number of para-hydroxylation sites is 2. The lowest BCUT2D eigenvalue weighted by molar-refractivity contribution is -0.385. The van der Waals surface area contributed by atoms with Crippen LogP contribution in [0.1, 0.15) is 17.5 Å². The van der Waals surface area contributed by atoms with Crippen LogP contribution < -0.4 is 10.2 Å². The maximum absolute atomic E-state index is 12.5. The van der Waals surface area contributed by atoms with Crippen LogP contribution in [0.2, 0.25) is 0 Å². The molecule has 3 rings (SSSR count). The first-order valence-corrected chi connectivity index (χ1v) is 8.66. The van der Waals surface area contributed by atoms with E-state index in [-0.39, 0.29) is 18.1 Å². The van der Waals surface area contributed by atoms with E-state index in [0.717, 1.165) is 25.1 Å². The lowest BCUT2D eigenvalue weighted by Gasteiger charge is -2.29. The van der Waals surface area contributed by atoms with E-state index < -0.39 is 4.92 Å². The Morgan fingerprint density at radius 1 is 1.19 bits per heavy atom. The average molecular weight is 351 g/mol. The van der Waals surface area contributed by atoms with Crippen LogP contribution >= 0.6 is 0 Å². The molecule has 0 fully saturated rings. The topological polar surface area (TPSA) is 75.5 Å². The fourth-order valence-electron chi connectivity index (χ4n) is 3.13. The van der Waals surface area contributed by atoms with E-state index in [9.17, 15) is 14.9 Å². The Balaban J connectivity index is 1.53. The summed E-state index contributed by atoms with van der Waals surface area (Å²) in [6, 6.07) is 14.6. The molecule has 1 aliphatic heterocycles. The van der Waals surface area contributed by atoms with E-state index in [1.54, 1.807) is 30.4 Å². The van der Waals surface area contributed by atoms with Gasteiger partial charge >= 0.3 is 0 Å². The highest BCUT2D eigenvalue weighted by Crippen LogP contribution is 2.26. The molecule has 1 heterocycles. The van der Waals surface area contributed by atoms with Crippen molar-refractivity contribution in [2.45, 2.75) is 12.8 Å². The molecular formula is C20H21N3O3. The molecule has 26 heavy (non-hydrogen) atoms. The SMILES string of the molecule is O=C(CNC/C=C/c1ccccc1[N+](=O)[O-])N1CCCc2ccccc21. The van der Waals surface area contributed by atoms with Crippen LogP contribution in [0, 0.1) is 10.1 Å². The number of nitro groups is 1. The summed E-state index contributed by atoms with van der Waals surface area (Å²) in [7, 11) is 0. The second kappa shape index (κ2) is 8.40. The molecule has 0 radical (unpaired) electrons. The van der Waals surface area contributed by atoms with Crippen molar-refractivity contribution in [2.24, 2.45) is 0 Å². The minimum Gasteiger partial charge on any atom is -0.311 e. The fourth-order valence-corrected chi connectivity index (χ4v) is 3.13. The van der Waals surface area contributed by atoms with E-state index >= 15 is 0 Å². The number of carbonyl (C=O) groups is 1. The standard InChI is InChI=1S/C20H21N3O3/c24-20(22-14-6-10-16-7-1-3-11-18(16)22)15-21-13-5-9-17-8-2-4-12-19(17)23(25)26/h1-5,7-9,11-12,21H,6,10,13-15H2/b9-5+. The molecule has 0 bridgehead atoms. The smallest absolute Gasteiger partial charge is 0.276 e. The highest BCUT2D eigenvalue weighted by atomic mass is 16.6. The molecule has 0 atom stereocenters. The van der Waals surface area contributed by atoms with E-state index in [1.807, 2.05) is 23.1 Å². The van der Waals surface area contributed by atoms with Crippen molar-refractivity contribution >= 4 is 23.4 Å². The van der Waals surface area contributed by atoms with Crippen LogP contribution in [0.3, 0.4) is 0 Å². The normalized spacial score (nSPS) is 13.6. The number of aryl methyl sites for hydroxylation is 1. The Bertz CT molecular complexity index is 833. The largest absolute Gasteiger partial charge is 0.311 e. The average Bonchev–Trinajstić information content (AvgIpc) is 2.67. The summed E-state index contributed by atoms with van der Waals surface area (Å²) in [5.74, 6) is 0.0382. The van der Waals surface area contributed by atoms with Crippen molar-refractivity contribution in [3.05, 3.63) is 75.8 Å². The number of amides is 1. The van der Waals surface area contributed by atoms with E-state index in [2.05, 4.69) is 11.4 Å². The molecule has 0 saturated carbocycles. The third-order valence-corrected chi connectivity index (χ3v) is 4.38. The number of fused-ring (bicyclic) bond motifs is 1. The molecule has 0 aromatic heterocycles. The van der Waals surface area contributed by atoms with E-state index in [4.69, 9.17) is 0 Å². The molecule has 2 aromatic rings. The van der Waals surface area contributed by atoms with Crippen LogP contribution in [-0.2, 0) is 11.2 Å². The predicted octanol–water partition coefficient (Wildman–Crippen LogP) is 3.18. The van der Waals surface area contributed by atoms with Gasteiger partial charge < -0.3 is 10.2 Å². The summed E-state index contributed by atoms with van der Waals surface area (Å²) in [6.45, 7) is 1.44. The molecule has 1 N–H and O–H groups in total. The number of hydrogen-bond donors (Lipinski definition) is 1. The van der Waals surface area contributed by atoms with Gasteiger partial charge in [-0.25, -0.2) is 0 Å². The van der Waals surface area contributed by atoms with Gasteiger partial charge in [0.2, 0.25) is 5.91 Å². The molecule has 0 saturated heterocycles. The van der Waals surface area contributed by atoms with Gasteiger partial charge in [-0.15, -0.1) is 0 Å². The lowest BCUT2D eigenvalue weighted by atomic mass is 10.0. The highest BCUT2D eigenvalue weighted by Gasteiger charge is 2.21. The first kappa shape index (κ1) is 17.8. The zero-order valence-corrected chi connectivity index (χ0v) is 14.4. The van der Waals surface area contributed by atoms with Crippen molar-refractivity contribution in [3.8, 4) is 0 Å². The molecule has 1 aliphatic rings. The van der Waals surface area contributed by atoms with Gasteiger partial charge in [-0.1, -0.05) is 42.5 Å². The van der Waals surface area contributed by atoms with Crippen molar-refractivity contribution in [1.29, 1.82) is 0 Å². The number of hydrogen-bond acceptors (Lipinski definition) is 4. The zero-order valence-electron chi connectivity index (χ0n) is 14.4. The fraction of sp³-hybridized carbons (Fsp3) is 0.250. The number of nitrogens with zero attached hydrogens (tertiary/aromatic N) is 2. The Labute approximate surface area is 152 Å². The minimum absolute atomic E-state index is 0.0382. The summed E-state index contributed by atoms with van der Waals surface area (Å²) in [5.41, 5.74) is 2.84. The van der Waals surface area contributed by atoms with Crippen LogP contribution in [-0.4, -0.2) is 30.5 Å². The first-order chi connectivity index (χ1) is 12.7. The molecule has 134 valence electrons. The Morgan fingerprint density at radius 2 is 1.96 bits per heavy atom. The Kier molecular flexibility index (Phi) is 5.76. The van der Waals surface area contributed by atoms with Crippen LogP contribution in [0.4, 0.5) is 11.4 Å². The summed E-state index contributed by atoms with van der Waals surface area (Å²) < 4.78 is 0. The number of nitro benzene ring substituents is 1. The van der Waals surface area contributed by atoms with E-state index in [0.29, 0.717) is 12.1 Å². The third kappa shape index (κ3) is 4.15. The van der Waals surface area contributed by atoms with Gasteiger partial charge in [0.05, 0.1) is 17.0 Å². The maximum atomic E-state index is 12.5. The monoisotopic (exact) mass is 351 g/mol. The lowest BCUT2D eigenvalue weighted by Crippen LogP contribution is -2.41. The van der Waals surface area contributed by atoms with Crippen molar-refractivity contribution in [1.82, 2.24) is 5.32 Å².